The van der Waals surface area contributed by atoms with E-state index in [4.69, 9.17) is 18.8 Å². The second-order valence-corrected chi connectivity index (χ2v) is 12.7. The number of benzene rings is 7. The zero-order valence-electron chi connectivity index (χ0n) is 28.0. The number of nitrogens with zero attached hydrogens (tertiary/aromatic N) is 2. The lowest BCUT2D eigenvalue weighted by atomic mass is 9.97. The van der Waals surface area contributed by atoms with Crippen molar-refractivity contribution in [1.82, 2.24) is 0 Å². The zero-order valence-corrected chi connectivity index (χ0v) is 28.0. The monoisotopic (exact) mass is 656 g/mol. The highest BCUT2D eigenvalue weighted by Crippen LogP contribution is 2.36. The average molecular weight is 657 g/mol. The molecule has 0 radical (unpaired) electrons. The molecule has 9 rings (SSSR count). The van der Waals surface area contributed by atoms with Crippen LogP contribution in [0, 0.1) is 0 Å². The normalized spacial score (nSPS) is 12.3. The van der Waals surface area contributed by atoms with Crippen molar-refractivity contribution < 1.29 is 8.83 Å². The van der Waals surface area contributed by atoms with E-state index in [1.807, 2.05) is 79.7 Å². The minimum Gasteiger partial charge on any atom is -0.456 e. The van der Waals surface area contributed by atoms with Crippen molar-refractivity contribution >= 4 is 61.1 Å². The maximum atomic E-state index is 6.29. The number of amidine groups is 1. The third-order valence-corrected chi connectivity index (χ3v) is 9.45. The van der Waals surface area contributed by atoms with E-state index in [1.165, 1.54) is 11.1 Å². The van der Waals surface area contributed by atoms with Crippen LogP contribution in [0.5, 0.6) is 0 Å². The largest absolute Gasteiger partial charge is 0.456 e. The van der Waals surface area contributed by atoms with Gasteiger partial charge in [0.1, 0.15) is 22.3 Å². The predicted octanol–water partition coefficient (Wildman–Crippen LogP) is 12.7. The molecule has 0 aliphatic heterocycles. The zero-order chi connectivity index (χ0) is 34.3. The summed E-state index contributed by atoms with van der Waals surface area (Å²) in [5, 5.41) is 3.99. The summed E-state index contributed by atoms with van der Waals surface area (Å²) < 4.78 is 12.5. The summed E-state index contributed by atoms with van der Waals surface area (Å²) in [6, 6.07) is 55.9. The summed E-state index contributed by atoms with van der Waals surface area (Å²) in [6.07, 6.45) is 0. The number of hydrogen-bond acceptors (Lipinski definition) is 3. The lowest BCUT2D eigenvalue weighted by Gasteiger charge is -2.11. The average Bonchev–Trinajstić information content (AvgIpc) is 3.77. The van der Waals surface area contributed by atoms with Gasteiger partial charge in [-0.1, -0.05) is 134 Å². The van der Waals surface area contributed by atoms with E-state index >= 15 is 0 Å². The standard InChI is InChI=1S/C47H32N2O2/c1-30(33-16-10-18-35(28-33)36-19-11-17-34(29-36)32-14-4-3-5-15-32)48-47(40-23-13-27-44-46(40)39-21-7-9-25-42(39)51-44)49-31(2)37-22-12-26-43-45(37)38-20-6-8-24-41(38)50-43/h3-29H,2H2,1H3. The first kappa shape index (κ1) is 30.3. The van der Waals surface area contributed by atoms with E-state index in [9.17, 15) is 0 Å². The van der Waals surface area contributed by atoms with Crippen LogP contribution in [-0.2, 0) is 0 Å². The fraction of sp³-hybridized carbons (Fsp3) is 0.0213. The van der Waals surface area contributed by atoms with E-state index in [1.54, 1.807) is 0 Å². The molecule has 0 saturated heterocycles. The summed E-state index contributed by atoms with van der Waals surface area (Å²) >= 11 is 0. The summed E-state index contributed by atoms with van der Waals surface area (Å²) in [4.78, 5) is 10.5. The number of furan rings is 2. The molecule has 0 aliphatic carbocycles. The van der Waals surface area contributed by atoms with Crippen LogP contribution in [0.1, 0.15) is 23.6 Å². The van der Waals surface area contributed by atoms with E-state index < -0.39 is 0 Å². The number of para-hydroxylation sites is 2. The fourth-order valence-corrected chi connectivity index (χ4v) is 6.97. The van der Waals surface area contributed by atoms with Gasteiger partial charge in [-0.25, -0.2) is 9.98 Å². The van der Waals surface area contributed by atoms with Gasteiger partial charge >= 0.3 is 0 Å². The molecule has 4 nitrogen and oxygen atoms in total. The SMILES string of the molecule is C=C(N=C(N=C(C)c1cccc(-c2cccc(-c3ccccc3)c2)c1)c1cccc2oc3ccccc3c12)c1cccc2oc3ccccc3c12. The van der Waals surface area contributed by atoms with Crippen molar-refractivity contribution in [3.63, 3.8) is 0 Å². The molecule has 7 aromatic carbocycles. The molecule has 2 aromatic heterocycles. The Morgan fingerprint density at radius 1 is 0.451 bits per heavy atom. The van der Waals surface area contributed by atoms with E-state index in [-0.39, 0.29) is 0 Å². The van der Waals surface area contributed by atoms with Crippen LogP contribution in [0.15, 0.2) is 189 Å². The Hall–Kier alpha value is -6.78. The molecule has 51 heavy (non-hydrogen) atoms. The molecule has 2 heterocycles. The van der Waals surface area contributed by atoms with Crippen LogP contribution < -0.4 is 0 Å². The maximum Gasteiger partial charge on any atom is 0.160 e. The smallest absolute Gasteiger partial charge is 0.160 e. The van der Waals surface area contributed by atoms with Gasteiger partial charge in [-0.2, -0.15) is 0 Å². The number of hydrogen-bond donors (Lipinski definition) is 0. The Kier molecular flexibility index (Phi) is 7.48. The Labute approximate surface area is 295 Å². The summed E-state index contributed by atoms with van der Waals surface area (Å²) in [5.74, 6) is 0.552. The highest BCUT2D eigenvalue weighted by Gasteiger charge is 2.18. The number of fused-ring (bicyclic) bond motifs is 6. The van der Waals surface area contributed by atoms with Crippen LogP contribution in [0.3, 0.4) is 0 Å². The minimum atomic E-state index is 0.552. The second-order valence-electron chi connectivity index (χ2n) is 12.7. The van der Waals surface area contributed by atoms with Gasteiger partial charge < -0.3 is 8.83 Å². The van der Waals surface area contributed by atoms with Gasteiger partial charge in [0.2, 0.25) is 0 Å². The van der Waals surface area contributed by atoms with Gasteiger partial charge in [-0.15, -0.1) is 0 Å². The van der Waals surface area contributed by atoms with E-state index in [2.05, 4.69) is 97.6 Å². The number of rotatable bonds is 6. The van der Waals surface area contributed by atoms with Gasteiger partial charge in [-0.05, 0) is 71.1 Å². The van der Waals surface area contributed by atoms with Crippen LogP contribution in [0.2, 0.25) is 0 Å². The molecule has 4 heteroatoms. The molecular weight excluding hydrogens is 625 g/mol. The van der Waals surface area contributed by atoms with Gasteiger partial charge in [0.15, 0.2) is 5.84 Å². The molecule has 0 fully saturated rings. The molecule has 0 N–H and O–H groups in total. The molecular formula is C47H32N2O2. The van der Waals surface area contributed by atoms with Crippen molar-refractivity contribution in [2.24, 2.45) is 9.98 Å². The molecule has 0 atom stereocenters. The molecule has 0 aliphatic rings. The Morgan fingerprint density at radius 3 is 1.63 bits per heavy atom. The Bertz CT molecular complexity index is 2830. The van der Waals surface area contributed by atoms with Gasteiger partial charge in [-0.3, -0.25) is 0 Å². The quantitative estimate of drug-likeness (QED) is 0.132. The molecule has 0 saturated carbocycles. The molecule has 242 valence electrons. The van der Waals surface area contributed by atoms with E-state index in [0.29, 0.717) is 11.5 Å². The second kappa shape index (κ2) is 12.6. The highest BCUT2D eigenvalue weighted by atomic mass is 16.3. The molecule has 0 amide bonds. The minimum absolute atomic E-state index is 0.552. The predicted molar refractivity (Wildman–Crippen MR) is 213 cm³/mol. The summed E-state index contributed by atoms with van der Waals surface area (Å²) in [6.45, 7) is 6.54. The highest BCUT2D eigenvalue weighted by molar-refractivity contribution is 6.22. The van der Waals surface area contributed by atoms with Crippen LogP contribution in [-0.4, -0.2) is 11.5 Å². The van der Waals surface area contributed by atoms with E-state index in [0.717, 1.165) is 77.4 Å². The van der Waals surface area contributed by atoms with Crippen LogP contribution in [0.4, 0.5) is 0 Å². The summed E-state index contributed by atoms with van der Waals surface area (Å²) in [7, 11) is 0. The molecule has 9 aromatic rings. The van der Waals surface area contributed by atoms with Gasteiger partial charge in [0, 0.05) is 38.4 Å². The van der Waals surface area contributed by atoms with Crippen LogP contribution in [0.25, 0.3) is 71.8 Å². The fourth-order valence-electron chi connectivity index (χ4n) is 6.97. The molecule has 0 bridgehead atoms. The molecule has 0 spiro atoms. The number of aliphatic imine (C=N–C) groups is 2. The summed E-state index contributed by atoms with van der Waals surface area (Å²) in [5.41, 5.74) is 12.0. The van der Waals surface area contributed by atoms with Crippen molar-refractivity contribution in [2.75, 3.05) is 0 Å². The van der Waals surface area contributed by atoms with Crippen molar-refractivity contribution in [2.45, 2.75) is 6.92 Å². The lowest BCUT2D eigenvalue weighted by Crippen LogP contribution is -2.05. The first-order chi connectivity index (χ1) is 25.1. The topological polar surface area (TPSA) is 51.0 Å². The Balaban J connectivity index is 1.19. The first-order valence-electron chi connectivity index (χ1n) is 17.0. The van der Waals surface area contributed by atoms with Gasteiger partial charge in [0.25, 0.3) is 0 Å². The lowest BCUT2D eigenvalue weighted by molar-refractivity contribution is 0.668. The van der Waals surface area contributed by atoms with Gasteiger partial charge in [0.05, 0.1) is 5.70 Å². The molecule has 0 unspecified atom stereocenters. The third kappa shape index (κ3) is 5.53. The van der Waals surface area contributed by atoms with Crippen molar-refractivity contribution in [3.05, 3.63) is 187 Å². The first-order valence-corrected chi connectivity index (χ1v) is 17.0. The Morgan fingerprint density at radius 2 is 0.941 bits per heavy atom. The van der Waals surface area contributed by atoms with Crippen molar-refractivity contribution in [1.29, 1.82) is 0 Å². The van der Waals surface area contributed by atoms with Crippen molar-refractivity contribution in [3.8, 4) is 22.3 Å². The maximum absolute atomic E-state index is 6.29. The third-order valence-electron chi connectivity index (χ3n) is 9.45. The van der Waals surface area contributed by atoms with Crippen LogP contribution >= 0.6 is 0 Å².